The zero-order valence-electron chi connectivity index (χ0n) is 22.4. The summed E-state index contributed by atoms with van der Waals surface area (Å²) in [7, 11) is 8.43. The number of fused-ring (bicyclic) bond motifs is 1. The molecule has 1 aliphatic carbocycles. The van der Waals surface area contributed by atoms with Crippen LogP contribution in [0.3, 0.4) is 0 Å². The Kier molecular flexibility index (Phi) is 7.27. The summed E-state index contributed by atoms with van der Waals surface area (Å²) < 4.78 is 28.5. The molecule has 5 rings (SSSR count). The van der Waals surface area contributed by atoms with Gasteiger partial charge in [-0.3, -0.25) is 0 Å². The van der Waals surface area contributed by atoms with E-state index in [0.717, 1.165) is 56.6 Å². The lowest BCUT2D eigenvalue weighted by atomic mass is 9.79. The Labute approximate surface area is 224 Å². The first-order valence-corrected chi connectivity index (χ1v) is 12.5. The van der Waals surface area contributed by atoms with E-state index in [4.69, 9.17) is 23.7 Å². The van der Waals surface area contributed by atoms with Gasteiger partial charge in [0.25, 0.3) is 0 Å². The van der Waals surface area contributed by atoms with E-state index in [2.05, 4.69) is 60.7 Å². The lowest BCUT2D eigenvalue weighted by Gasteiger charge is -2.25. The molecule has 5 nitrogen and oxygen atoms in total. The molecule has 0 spiro atoms. The molecular formula is C33H32O5. The van der Waals surface area contributed by atoms with Gasteiger partial charge in [0, 0.05) is 29.5 Å². The molecule has 1 aliphatic rings. The Morgan fingerprint density at radius 3 is 1.71 bits per heavy atom. The van der Waals surface area contributed by atoms with Gasteiger partial charge in [0.2, 0.25) is 0 Å². The molecule has 0 unspecified atom stereocenters. The first-order valence-electron chi connectivity index (χ1n) is 12.5. The second-order valence-corrected chi connectivity index (χ2v) is 9.18. The molecule has 0 heterocycles. The summed E-state index contributed by atoms with van der Waals surface area (Å²) >= 11 is 0. The molecule has 194 valence electrons. The van der Waals surface area contributed by atoms with Crippen LogP contribution in [0.1, 0.15) is 39.7 Å². The van der Waals surface area contributed by atoms with Gasteiger partial charge >= 0.3 is 0 Å². The van der Waals surface area contributed by atoms with Gasteiger partial charge in [-0.15, -0.1) is 0 Å². The molecule has 0 aliphatic heterocycles. The van der Waals surface area contributed by atoms with E-state index in [1.807, 2.05) is 30.3 Å². The number of hydrogen-bond donors (Lipinski definition) is 0. The van der Waals surface area contributed by atoms with E-state index < -0.39 is 0 Å². The van der Waals surface area contributed by atoms with Gasteiger partial charge in [0.1, 0.15) is 28.7 Å². The minimum absolute atomic E-state index is 0.0384. The zero-order valence-corrected chi connectivity index (χ0v) is 22.4. The van der Waals surface area contributed by atoms with Crippen LogP contribution in [-0.2, 0) is 0 Å². The molecule has 0 fully saturated rings. The fourth-order valence-electron chi connectivity index (χ4n) is 5.41. The highest BCUT2D eigenvalue weighted by Crippen LogP contribution is 2.59. The molecule has 0 bridgehead atoms. The monoisotopic (exact) mass is 508 g/mol. The topological polar surface area (TPSA) is 46.2 Å². The van der Waals surface area contributed by atoms with Crippen molar-refractivity contribution in [3.63, 3.8) is 0 Å². The highest BCUT2D eigenvalue weighted by atomic mass is 16.5. The van der Waals surface area contributed by atoms with Crippen molar-refractivity contribution < 1.29 is 23.7 Å². The van der Waals surface area contributed by atoms with E-state index in [9.17, 15) is 0 Å². The number of hydrogen-bond acceptors (Lipinski definition) is 5. The van der Waals surface area contributed by atoms with Crippen LogP contribution < -0.4 is 23.7 Å². The summed E-state index contributed by atoms with van der Waals surface area (Å²) in [6.07, 6.45) is 2.26. The van der Waals surface area contributed by atoms with Crippen molar-refractivity contribution in [3.8, 4) is 28.7 Å². The Morgan fingerprint density at radius 1 is 0.526 bits per heavy atom. The maximum Gasteiger partial charge on any atom is 0.127 e. The van der Waals surface area contributed by atoms with Crippen molar-refractivity contribution in [1.82, 2.24) is 0 Å². The molecule has 0 saturated carbocycles. The van der Waals surface area contributed by atoms with Gasteiger partial charge in [-0.05, 0) is 58.2 Å². The quantitative estimate of drug-likeness (QED) is 0.252. The van der Waals surface area contributed by atoms with Crippen LogP contribution >= 0.6 is 0 Å². The van der Waals surface area contributed by atoms with Crippen LogP contribution in [0.25, 0.3) is 11.6 Å². The third kappa shape index (κ3) is 4.68. The highest BCUT2D eigenvalue weighted by molar-refractivity contribution is 5.93. The van der Waals surface area contributed by atoms with Crippen LogP contribution in [0, 0.1) is 0 Å². The summed E-state index contributed by atoms with van der Waals surface area (Å²) in [6, 6.07) is 28.8. The standard InChI is InChI=1S/C33H32O5/c1-34-24-13-11-22(12-14-24)32-31(23-16-25(35-2)18-26(17-23)36-3)28(15-21-9-7-6-8-10-21)29-19-27(37-4)20-30(38-5)33(29)32/h6-20,31-32H,1-5H3/b28-15-/t31-,32+/m1/s1. The molecule has 0 radical (unpaired) electrons. The molecule has 0 aromatic heterocycles. The first kappa shape index (κ1) is 25.3. The third-order valence-electron chi connectivity index (χ3n) is 7.19. The van der Waals surface area contributed by atoms with Gasteiger partial charge in [-0.1, -0.05) is 48.5 Å². The smallest absolute Gasteiger partial charge is 0.127 e. The number of allylic oxidation sites excluding steroid dienone is 1. The zero-order chi connectivity index (χ0) is 26.6. The van der Waals surface area contributed by atoms with E-state index >= 15 is 0 Å². The average molecular weight is 509 g/mol. The average Bonchev–Trinajstić information content (AvgIpc) is 3.30. The predicted octanol–water partition coefficient (Wildman–Crippen LogP) is 7.20. The second-order valence-electron chi connectivity index (χ2n) is 9.18. The summed E-state index contributed by atoms with van der Waals surface area (Å²) in [6.45, 7) is 0. The van der Waals surface area contributed by atoms with Gasteiger partial charge in [-0.2, -0.15) is 0 Å². The van der Waals surface area contributed by atoms with Crippen LogP contribution in [0.4, 0.5) is 0 Å². The van der Waals surface area contributed by atoms with E-state index in [-0.39, 0.29) is 11.8 Å². The number of rotatable bonds is 8. The minimum atomic E-state index is -0.0522. The van der Waals surface area contributed by atoms with Gasteiger partial charge < -0.3 is 23.7 Å². The largest absolute Gasteiger partial charge is 0.497 e. The Hall–Kier alpha value is -4.38. The molecule has 5 heteroatoms. The van der Waals surface area contributed by atoms with E-state index in [1.54, 1.807) is 35.5 Å². The number of methoxy groups -OCH3 is 5. The van der Waals surface area contributed by atoms with Crippen LogP contribution in [-0.4, -0.2) is 35.5 Å². The normalized spacial score (nSPS) is 17.1. The molecule has 0 amide bonds. The minimum Gasteiger partial charge on any atom is -0.497 e. The van der Waals surface area contributed by atoms with E-state index in [0.29, 0.717) is 0 Å². The predicted molar refractivity (Wildman–Crippen MR) is 151 cm³/mol. The van der Waals surface area contributed by atoms with Crippen molar-refractivity contribution in [2.45, 2.75) is 11.8 Å². The first-order chi connectivity index (χ1) is 18.6. The van der Waals surface area contributed by atoms with Crippen molar-refractivity contribution in [3.05, 3.63) is 113 Å². The molecule has 38 heavy (non-hydrogen) atoms. The summed E-state index contributed by atoms with van der Waals surface area (Å²) in [5.74, 6) is 3.74. The molecule has 4 aromatic carbocycles. The van der Waals surface area contributed by atoms with Crippen molar-refractivity contribution in [2.75, 3.05) is 35.5 Å². The summed E-state index contributed by atoms with van der Waals surface area (Å²) in [5.41, 5.74) is 6.73. The lowest BCUT2D eigenvalue weighted by molar-refractivity contribution is 0.389. The fraction of sp³-hybridized carbons (Fsp3) is 0.212. The van der Waals surface area contributed by atoms with Crippen molar-refractivity contribution in [1.29, 1.82) is 0 Å². The Balaban J connectivity index is 1.84. The molecule has 0 N–H and O–H groups in total. The van der Waals surface area contributed by atoms with E-state index in [1.165, 1.54) is 5.57 Å². The van der Waals surface area contributed by atoms with Crippen LogP contribution in [0.15, 0.2) is 84.9 Å². The highest BCUT2D eigenvalue weighted by Gasteiger charge is 2.41. The van der Waals surface area contributed by atoms with Crippen LogP contribution in [0.5, 0.6) is 28.7 Å². The van der Waals surface area contributed by atoms with Crippen LogP contribution in [0.2, 0.25) is 0 Å². The van der Waals surface area contributed by atoms with Crippen molar-refractivity contribution in [2.24, 2.45) is 0 Å². The lowest BCUT2D eigenvalue weighted by Crippen LogP contribution is -2.09. The second kappa shape index (κ2) is 10.9. The number of benzene rings is 4. The summed E-state index contributed by atoms with van der Waals surface area (Å²) in [4.78, 5) is 0. The molecule has 2 atom stereocenters. The maximum absolute atomic E-state index is 5.99. The summed E-state index contributed by atoms with van der Waals surface area (Å²) in [5, 5.41) is 0. The maximum atomic E-state index is 5.99. The SMILES string of the molecule is COc1ccc([C@@H]2c3c(OC)cc(OC)cc3/C(=C/c3ccccc3)[C@H]2c2cc(OC)cc(OC)c2)cc1. The number of ether oxygens (including phenoxy) is 5. The van der Waals surface area contributed by atoms with Gasteiger partial charge in [0.05, 0.1) is 35.5 Å². The van der Waals surface area contributed by atoms with Gasteiger partial charge in [0.15, 0.2) is 0 Å². The fourth-order valence-corrected chi connectivity index (χ4v) is 5.41. The van der Waals surface area contributed by atoms with Crippen molar-refractivity contribution >= 4 is 11.6 Å². The Bertz CT molecular complexity index is 1420. The molecule has 0 saturated heterocycles. The third-order valence-corrected chi connectivity index (χ3v) is 7.19. The Morgan fingerprint density at radius 2 is 1.13 bits per heavy atom. The molecule has 4 aromatic rings. The van der Waals surface area contributed by atoms with Gasteiger partial charge in [-0.25, -0.2) is 0 Å². The molecular weight excluding hydrogens is 476 g/mol.